The molecule has 0 aromatic carbocycles. The highest BCUT2D eigenvalue weighted by Gasteiger charge is 2.38. The van der Waals surface area contributed by atoms with E-state index in [-0.39, 0.29) is 17.9 Å². The minimum atomic E-state index is -0.131. The molecule has 2 aliphatic carbocycles. The van der Waals surface area contributed by atoms with E-state index in [1.807, 2.05) is 17.0 Å². The van der Waals surface area contributed by atoms with Crippen LogP contribution in [0.2, 0.25) is 0 Å². The molecular formula is C17H21N3O3. The van der Waals surface area contributed by atoms with Crippen LogP contribution in [-0.2, 0) is 16.1 Å². The van der Waals surface area contributed by atoms with Gasteiger partial charge in [0.15, 0.2) is 0 Å². The fraction of sp³-hybridized carbons (Fsp3) is 0.588. The summed E-state index contributed by atoms with van der Waals surface area (Å²) in [5, 5.41) is 3.93. The molecule has 2 atom stereocenters. The van der Waals surface area contributed by atoms with E-state index in [1.165, 1.54) is 6.42 Å². The van der Waals surface area contributed by atoms with Crippen LogP contribution < -0.4 is 5.43 Å². The van der Waals surface area contributed by atoms with E-state index in [0.717, 1.165) is 24.4 Å². The number of carbonyl (C=O) groups excluding carboxylic acids is 2. The molecule has 2 saturated carbocycles. The Labute approximate surface area is 134 Å². The van der Waals surface area contributed by atoms with Crippen LogP contribution in [0, 0.1) is 5.92 Å². The summed E-state index contributed by atoms with van der Waals surface area (Å²) in [6.45, 7) is 2.71. The zero-order valence-corrected chi connectivity index (χ0v) is 13.2. The molecule has 1 aliphatic heterocycles. The molecule has 1 aromatic rings. The number of rotatable bonds is 5. The Hall–Kier alpha value is -2.11. The lowest BCUT2D eigenvalue weighted by Crippen LogP contribution is -2.41. The molecule has 1 aromatic heterocycles. The van der Waals surface area contributed by atoms with Crippen LogP contribution in [0.15, 0.2) is 21.7 Å². The fourth-order valence-corrected chi connectivity index (χ4v) is 3.11. The molecular weight excluding hydrogens is 294 g/mol. The zero-order valence-electron chi connectivity index (χ0n) is 13.2. The smallest absolute Gasteiger partial charge is 0.270 e. The van der Waals surface area contributed by atoms with Crippen molar-refractivity contribution in [1.82, 2.24) is 10.3 Å². The van der Waals surface area contributed by atoms with Crippen molar-refractivity contribution < 1.29 is 14.0 Å². The molecule has 0 spiro atoms. The first-order chi connectivity index (χ1) is 11.1. The highest BCUT2D eigenvalue weighted by molar-refractivity contribution is 6.39. The third-order valence-corrected chi connectivity index (χ3v) is 4.88. The number of carbonyl (C=O) groups is 2. The van der Waals surface area contributed by atoms with E-state index < -0.39 is 0 Å². The largest absolute Gasteiger partial charge is 0.464 e. The van der Waals surface area contributed by atoms with Crippen LogP contribution in [0.3, 0.4) is 0 Å². The van der Waals surface area contributed by atoms with Crippen molar-refractivity contribution in [3.8, 4) is 0 Å². The Kier molecular flexibility index (Phi) is 3.47. The third kappa shape index (κ3) is 3.02. The molecule has 0 bridgehead atoms. The highest BCUT2D eigenvalue weighted by Crippen LogP contribution is 2.47. The van der Waals surface area contributed by atoms with Gasteiger partial charge in [-0.2, -0.15) is 5.10 Å². The topological polar surface area (TPSA) is 74.9 Å². The van der Waals surface area contributed by atoms with Crippen LogP contribution >= 0.6 is 0 Å². The molecule has 4 rings (SSSR count). The van der Waals surface area contributed by atoms with Gasteiger partial charge in [0.2, 0.25) is 5.91 Å². The number of nitrogens with zero attached hydrogens (tertiary/aromatic N) is 2. The fourth-order valence-electron chi connectivity index (χ4n) is 3.11. The van der Waals surface area contributed by atoms with Crippen LogP contribution in [0.25, 0.3) is 0 Å². The lowest BCUT2D eigenvalue weighted by Gasteiger charge is -2.23. The summed E-state index contributed by atoms with van der Waals surface area (Å²) < 4.78 is 5.94. The minimum Gasteiger partial charge on any atom is -0.464 e. The van der Waals surface area contributed by atoms with Crippen LogP contribution in [0.4, 0.5) is 0 Å². The Morgan fingerprint density at radius 1 is 1.39 bits per heavy atom. The average Bonchev–Trinajstić information content (AvgIpc) is 3.46. The molecule has 122 valence electrons. The van der Waals surface area contributed by atoms with Crippen molar-refractivity contribution in [2.75, 3.05) is 0 Å². The predicted molar refractivity (Wildman–Crippen MR) is 83.6 cm³/mol. The SMILES string of the molecule is C[C@H]1C[C@@H]1c1ccc(CN(C(=O)C2=NNC(=O)CC2)C2CC2)o1. The first kappa shape index (κ1) is 14.5. The number of hydrazone groups is 1. The second-order valence-corrected chi connectivity index (χ2v) is 6.88. The second kappa shape index (κ2) is 5.51. The second-order valence-electron chi connectivity index (χ2n) is 6.88. The number of amides is 2. The molecule has 3 aliphatic rings. The van der Waals surface area contributed by atoms with Gasteiger partial charge in [-0.3, -0.25) is 9.59 Å². The van der Waals surface area contributed by atoms with Gasteiger partial charge in [-0.05, 0) is 37.3 Å². The lowest BCUT2D eigenvalue weighted by atomic mass is 10.1. The van der Waals surface area contributed by atoms with Crippen LogP contribution in [-0.4, -0.2) is 28.5 Å². The van der Waals surface area contributed by atoms with E-state index in [4.69, 9.17) is 4.42 Å². The van der Waals surface area contributed by atoms with Crippen molar-refractivity contribution in [2.45, 2.75) is 57.5 Å². The summed E-state index contributed by atoms with van der Waals surface area (Å²) in [5.41, 5.74) is 2.84. The van der Waals surface area contributed by atoms with Gasteiger partial charge in [0.05, 0.1) is 6.54 Å². The van der Waals surface area contributed by atoms with Gasteiger partial charge >= 0.3 is 0 Å². The van der Waals surface area contributed by atoms with Crippen molar-refractivity contribution in [2.24, 2.45) is 11.0 Å². The number of nitrogens with one attached hydrogen (secondary N) is 1. The van der Waals surface area contributed by atoms with Gasteiger partial charge in [-0.1, -0.05) is 6.92 Å². The highest BCUT2D eigenvalue weighted by atomic mass is 16.3. The summed E-state index contributed by atoms with van der Waals surface area (Å²) in [6.07, 6.45) is 3.98. The van der Waals surface area contributed by atoms with Crippen molar-refractivity contribution in [3.63, 3.8) is 0 Å². The standard InChI is InChI=1S/C17H21N3O3/c1-10-8-13(10)15-6-4-12(23-15)9-20(11-2-3-11)17(22)14-5-7-16(21)19-18-14/h4,6,10-11,13H,2-3,5,7-9H2,1H3,(H,19,21)/t10-,13-/m0/s1. The summed E-state index contributed by atoms with van der Waals surface area (Å²) in [6, 6.07) is 4.29. The van der Waals surface area contributed by atoms with Gasteiger partial charge in [0, 0.05) is 24.8 Å². The van der Waals surface area contributed by atoms with Gasteiger partial charge < -0.3 is 9.32 Å². The normalized spacial score (nSPS) is 26.5. The minimum absolute atomic E-state index is 0.0785. The van der Waals surface area contributed by atoms with Crippen LogP contribution in [0.5, 0.6) is 0 Å². The van der Waals surface area contributed by atoms with Crippen molar-refractivity contribution in [1.29, 1.82) is 0 Å². The average molecular weight is 315 g/mol. The monoisotopic (exact) mass is 315 g/mol. The maximum absolute atomic E-state index is 12.7. The Morgan fingerprint density at radius 2 is 2.17 bits per heavy atom. The molecule has 1 N–H and O–H groups in total. The lowest BCUT2D eigenvalue weighted by molar-refractivity contribution is -0.126. The van der Waals surface area contributed by atoms with Gasteiger partial charge in [-0.25, -0.2) is 5.43 Å². The summed E-state index contributed by atoms with van der Waals surface area (Å²) in [4.78, 5) is 25.7. The summed E-state index contributed by atoms with van der Waals surface area (Å²) >= 11 is 0. The van der Waals surface area contributed by atoms with E-state index in [2.05, 4.69) is 17.5 Å². The molecule has 2 fully saturated rings. The molecule has 2 amide bonds. The van der Waals surface area contributed by atoms with Crippen molar-refractivity contribution in [3.05, 3.63) is 23.7 Å². The molecule has 6 nitrogen and oxygen atoms in total. The Balaban J connectivity index is 1.46. The quantitative estimate of drug-likeness (QED) is 0.904. The molecule has 0 unspecified atom stereocenters. The summed E-state index contributed by atoms with van der Waals surface area (Å²) in [7, 11) is 0. The van der Waals surface area contributed by atoms with E-state index >= 15 is 0 Å². The van der Waals surface area contributed by atoms with E-state index in [0.29, 0.717) is 36.9 Å². The predicted octanol–water partition coefficient (Wildman–Crippen LogP) is 2.16. The third-order valence-electron chi connectivity index (χ3n) is 4.88. The molecule has 0 saturated heterocycles. The van der Waals surface area contributed by atoms with Gasteiger partial charge in [0.25, 0.3) is 5.91 Å². The molecule has 23 heavy (non-hydrogen) atoms. The number of furan rings is 1. The molecule has 2 heterocycles. The van der Waals surface area contributed by atoms with E-state index in [9.17, 15) is 9.59 Å². The van der Waals surface area contributed by atoms with Gasteiger partial charge in [-0.15, -0.1) is 0 Å². The first-order valence-electron chi connectivity index (χ1n) is 8.37. The van der Waals surface area contributed by atoms with E-state index in [1.54, 1.807) is 0 Å². The molecule has 0 radical (unpaired) electrons. The maximum Gasteiger partial charge on any atom is 0.270 e. The summed E-state index contributed by atoms with van der Waals surface area (Å²) in [5.74, 6) is 2.92. The maximum atomic E-state index is 12.7. The van der Waals surface area contributed by atoms with Crippen molar-refractivity contribution >= 4 is 17.5 Å². The molecule has 6 heteroatoms. The van der Waals surface area contributed by atoms with Gasteiger partial charge in [0.1, 0.15) is 17.2 Å². The number of hydrogen-bond acceptors (Lipinski definition) is 4. The Bertz CT molecular complexity index is 674. The van der Waals surface area contributed by atoms with Crippen LogP contribution in [0.1, 0.15) is 56.5 Å². The Morgan fingerprint density at radius 3 is 2.78 bits per heavy atom. The first-order valence-corrected chi connectivity index (χ1v) is 8.37. The number of hydrogen-bond donors (Lipinski definition) is 1. The zero-order chi connectivity index (χ0) is 16.0.